The summed E-state index contributed by atoms with van der Waals surface area (Å²) in [6.45, 7) is 0. The van der Waals surface area contributed by atoms with Gasteiger partial charge in [-0.15, -0.1) is 11.8 Å². The predicted octanol–water partition coefficient (Wildman–Crippen LogP) is 1.52. The fourth-order valence-corrected chi connectivity index (χ4v) is 2.22. The number of thioether (sulfide) groups is 1. The number of phenols is 1. The number of hydrogen-bond acceptors (Lipinski definition) is 7. The lowest BCUT2D eigenvalue weighted by Gasteiger charge is -2.11. The van der Waals surface area contributed by atoms with E-state index in [1.165, 1.54) is 11.8 Å². The first-order chi connectivity index (χ1) is 9.06. The number of benzene rings is 1. The molecule has 0 saturated carbocycles. The first-order valence-electron chi connectivity index (χ1n) is 5.65. The van der Waals surface area contributed by atoms with Crippen molar-refractivity contribution in [1.82, 2.24) is 15.0 Å². The molecule has 6 nitrogen and oxygen atoms in total. The molecule has 0 spiro atoms. The van der Waals surface area contributed by atoms with E-state index in [2.05, 4.69) is 15.0 Å². The van der Waals surface area contributed by atoms with Gasteiger partial charge < -0.3 is 15.7 Å². The predicted molar refractivity (Wildman–Crippen MR) is 76.2 cm³/mol. The normalized spacial score (nSPS) is 10.4. The Labute approximate surface area is 115 Å². The van der Waals surface area contributed by atoms with Gasteiger partial charge >= 0.3 is 0 Å². The molecule has 1 aromatic carbocycles. The van der Waals surface area contributed by atoms with Crippen LogP contribution in [0.4, 0.5) is 11.9 Å². The molecular formula is C12H15N5OS. The van der Waals surface area contributed by atoms with Gasteiger partial charge in [0.1, 0.15) is 11.6 Å². The summed E-state index contributed by atoms with van der Waals surface area (Å²) >= 11 is 1.45. The molecule has 0 amide bonds. The Hall–Kier alpha value is -2.02. The SMILES string of the molecule is CN(C)c1nc(N)nc(CSc2ccccc2O)n1. The maximum atomic E-state index is 9.68. The number of nitrogens with zero attached hydrogens (tertiary/aromatic N) is 4. The molecular weight excluding hydrogens is 262 g/mol. The van der Waals surface area contributed by atoms with Crippen LogP contribution in [0.15, 0.2) is 29.2 Å². The zero-order valence-electron chi connectivity index (χ0n) is 10.7. The highest BCUT2D eigenvalue weighted by molar-refractivity contribution is 7.98. The minimum absolute atomic E-state index is 0.201. The van der Waals surface area contributed by atoms with Crippen LogP contribution in [0.5, 0.6) is 5.75 Å². The molecule has 0 aliphatic rings. The monoisotopic (exact) mass is 277 g/mol. The van der Waals surface area contributed by atoms with Gasteiger partial charge in [-0.25, -0.2) is 0 Å². The van der Waals surface area contributed by atoms with Gasteiger partial charge in [-0.3, -0.25) is 0 Å². The Balaban J connectivity index is 2.14. The molecule has 0 radical (unpaired) electrons. The Morgan fingerprint density at radius 2 is 1.95 bits per heavy atom. The van der Waals surface area contributed by atoms with Crippen LogP contribution < -0.4 is 10.6 Å². The van der Waals surface area contributed by atoms with Gasteiger partial charge in [0, 0.05) is 19.0 Å². The fourth-order valence-electron chi connectivity index (χ4n) is 1.41. The Kier molecular flexibility index (Phi) is 4.06. The molecule has 2 rings (SSSR count). The van der Waals surface area contributed by atoms with E-state index < -0.39 is 0 Å². The first kappa shape index (κ1) is 13.4. The topological polar surface area (TPSA) is 88.2 Å². The van der Waals surface area contributed by atoms with Gasteiger partial charge in [0.05, 0.1) is 5.75 Å². The molecule has 19 heavy (non-hydrogen) atoms. The van der Waals surface area contributed by atoms with E-state index in [9.17, 15) is 5.11 Å². The molecule has 0 bridgehead atoms. The lowest BCUT2D eigenvalue weighted by molar-refractivity contribution is 0.462. The number of rotatable bonds is 4. The van der Waals surface area contributed by atoms with Crippen LogP contribution in [0.1, 0.15) is 5.82 Å². The average Bonchev–Trinajstić information content (AvgIpc) is 2.37. The van der Waals surface area contributed by atoms with Crippen molar-refractivity contribution >= 4 is 23.7 Å². The van der Waals surface area contributed by atoms with Crippen LogP contribution >= 0.6 is 11.8 Å². The molecule has 100 valence electrons. The maximum Gasteiger partial charge on any atom is 0.229 e. The second-order valence-electron chi connectivity index (χ2n) is 4.06. The van der Waals surface area contributed by atoms with Crippen molar-refractivity contribution in [2.24, 2.45) is 0 Å². The third-order valence-corrected chi connectivity index (χ3v) is 3.37. The molecule has 0 aliphatic heterocycles. The first-order valence-corrected chi connectivity index (χ1v) is 6.63. The van der Waals surface area contributed by atoms with Crippen molar-refractivity contribution in [3.05, 3.63) is 30.1 Å². The van der Waals surface area contributed by atoms with E-state index in [0.717, 1.165) is 4.90 Å². The fraction of sp³-hybridized carbons (Fsp3) is 0.250. The van der Waals surface area contributed by atoms with Gasteiger partial charge in [0.2, 0.25) is 11.9 Å². The van der Waals surface area contributed by atoms with E-state index in [1.54, 1.807) is 17.0 Å². The van der Waals surface area contributed by atoms with E-state index in [-0.39, 0.29) is 11.7 Å². The molecule has 3 N–H and O–H groups in total. The number of hydrogen-bond donors (Lipinski definition) is 2. The summed E-state index contributed by atoms with van der Waals surface area (Å²) in [7, 11) is 3.68. The quantitative estimate of drug-likeness (QED) is 0.819. The highest BCUT2D eigenvalue weighted by atomic mass is 32.2. The Morgan fingerprint density at radius 3 is 2.63 bits per heavy atom. The lowest BCUT2D eigenvalue weighted by Crippen LogP contribution is -2.15. The number of phenolic OH excluding ortho intramolecular Hbond substituents is 1. The van der Waals surface area contributed by atoms with E-state index in [0.29, 0.717) is 17.5 Å². The molecule has 1 aromatic heterocycles. The number of anilines is 2. The minimum Gasteiger partial charge on any atom is -0.507 e. The second kappa shape index (κ2) is 5.75. The number of aromatic nitrogens is 3. The van der Waals surface area contributed by atoms with Crippen molar-refractivity contribution in [3.8, 4) is 5.75 Å². The summed E-state index contributed by atoms with van der Waals surface area (Å²) in [5.41, 5.74) is 5.65. The van der Waals surface area contributed by atoms with Gasteiger partial charge in [-0.2, -0.15) is 15.0 Å². The molecule has 2 aromatic rings. The zero-order chi connectivity index (χ0) is 13.8. The second-order valence-corrected chi connectivity index (χ2v) is 5.08. The van der Waals surface area contributed by atoms with Gasteiger partial charge in [-0.05, 0) is 12.1 Å². The lowest BCUT2D eigenvalue weighted by atomic mass is 10.3. The third-order valence-electron chi connectivity index (χ3n) is 2.31. The number of nitrogens with two attached hydrogens (primary N) is 1. The van der Waals surface area contributed by atoms with Crippen molar-refractivity contribution in [1.29, 1.82) is 0 Å². The summed E-state index contributed by atoms with van der Waals surface area (Å²) in [5.74, 6) is 2.09. The number of para-hydroxylation sites is 1. The van der Waals surface area contributed by atoms with Crippen molar-refractivity contribution < 1.29 is 5.11 Å². The van der Waals surface area contributed by atoms with E-state index >= 15 is 0 Å². The summed E-state index contributed by atoms with van der Waals surface area (Å²) < 4.78 is 0. The molecule has 0 fully saturated rings. The van der Waals surface area contributed by atoms with Crippen LogP contribution in [0.25, 0.3) is 0 Å². The molecule has 1 heterocycles. The van der Waals surface area contributed by atoms with Crippen LogP contribution in [0.3, 0.4) is 0 Å². The summed E-state index contributed by atoms with van der Waals surface area (Å²) in [5, 5.41) is 9.68. The standard InChI is InChI=1S/C12H15N5OS/c1-17(2)12-15-10(14-11(13)16-12)7-19-9-6-4-3-5-8(9)18/h3-6,18H,7H2,1-2H3,(H2,13,14,15,16). The van der Waals surface area contributed by atoms with Gasteiger partial charge in [0.25, 0.3) is 0 Å². The maximum absolute atomic E-state index is 9.68. The van der Waals surface area contributed by atoms with Gasteiger partial charge in [0.15, 0.2) is 0 Å². The highest BCUT2D eigenvalue weighted by Gasteiger charge is 2.08. The zero-order valence-corrected chi connectivity index (χ0v) is 11.6. The summed E-state index contributed by atoms with van der Waals surface area (Å²) in [6, 6.07) is 7.15. The smallest absolute Gasteiger partial charge is 0.229 e. The Bertz CT molecular complexity index is 576. The largest absolute Gasteiger partial charge is 0.507 e. The molecule has 0 aliphatic carbocycles. The van der Waals surface area contributed by atoms with Crippen LogP contribution in [0.2, 0.25) is 0 Å². The Morgan fingerprint density at radius 1 is 1.21 bits per heavy atom. The summed E-state index contributed by atoms with van der Waals surface area (Å²) in [4.78, 5) is 15.0. The average molecular weight is 277 g/mol. The van der Waals surface area contributed by atoms with E-state index in [1.807, 2.05) is 26.2 Å². The molecule has 7 heteroatoms. The van der Waals surface area contributed by atoms with Crippen LogP contribution in [0, 0.1) is 0 Å². The number of nitrogen functional groups attached to an aromatic ring is 1. The van der Waals surface area contributed by atoms with Crippen LogP contribution in [-0.2, 0) is 5.75 Å². The molecule has 0 saturated heterocycles. The van der Waals surface area contributed by atoms with Crippen LogP contribution in [-0.4, -0.2) is 34.2 Å². The number of aromatic hydroxyl groups is 1. The van der Waals surface area contributed by atoms with Crippen molar-refractivity contribution in [2.45, 2.75) is 10.6 Å². The van der Waals surface area contributed by atoms with Crippen molar-refractivity contribution in [2.75, 3.05) is 24.7 Å². The summed E-state index contributed by atoms with van der Waals surface area (Å²) in [6.07, 6.45) is 0. The van der Waals surface area contributed by atoms with E-state index in [4.69, 9.17) is 5.73 Å². The van der Waals surface area contributed by atoms with Gasteiger partial charge in [-0.1, -0.05) is 12.1 Å². The van der Waals surface area contributed by atoms with Crippen molar-refractivity contribution in [3.63, 3.8) is 0 Å². The third kappa shape index (κ3) is 3.47. The highest BCUT2D eigenvalue weighted by Crippen LogP contribution is 2.29. The molecule has 0 unspecified atom stereocenters. The molecule has 0 atom stereocenters. The minimum atomic E-state index is 0.201.